The third-order valence-corrected chi connectivity index (χ3v) is 10.3. The van der Waals surface area contributed by atoms with Gasteiger partial charge in [-0.2, -0.15) is 0 Å². The first-order chi connectivity index (χ1) is 30.5. The molecule has 0 aliphatic carbocycles. The van der Waals surface area contributed by atoms with Crippen molar-refractivity contribution >= 4 is 17.9 Å². The summed E-state index contributed by atoms with van der Waals surface area (Å²) in [6.07, 6.45) is 65.5. The fourth-order valence-electron chi connectivity index (χ4n) is 6.56. The van der Waals surface area contributed by atoms with Crippen molar-refractivity contribution in [2.75, 3.05) is 13.2 Å². The van der Waals surface area contributed by atoms with Gasteiger partial charge in [-0.3, -0.25) is 14.4 Å². The Morgan fingerprint density at radius 3 is 1.05 bits per heavy atom. The average Bonchev–Trinajstić information content (AvgIpc) is 3.27. The summed E-state index contributed by atoms with van der Waals surface area (Å²) >= 11 is 0. The molecule has 0 aromatic carbocycles. The van der Waals surface area contributed by atoms with Crippen LogP contribution in [0.3, 0.4) is 0 Å². The van der Waals surface area contributed by atoms with Crippen molar-refractivity contribution < 1.29 is 28.6 Å². The van der Waals surface area contributed by atoms with Crippen LogP contribution >= 0.6 is 0 Å². The van der Waals surface area contributed by atoms with Crippen molar-refractivity contribution in [2.24, 2.45) is 0 Å². The number of rotatable bonds is 44. The predicted octanol–water partition coefficient (Wildman–Crippen LogP) is 16.6. The van der Waals surface area contributed by atoms with Crippen LogP contribution in [0.5, 0.6) is 0 Å². The lowest BCUT2D eigenvalue weighted by Gasteiger charge is -2.18. The molecule has 0 aliphatic heterocycles. The first-order valence-electron chi connectivity index (χ1n) is 25.2. The van der Waals surface area contributed by atoms with Gasteiger partial charge in [0.2, 0.25) is 0 Å². The van der Waals surface area contributed by atoms with Gasteiger partial charge in [0.15, 0.2) is 6.10 Å². The molecule has 1 atom stereocenters. The highest BCUT2D eigenvalue weighted by atomic mass is 16.6. The molecule has 0 saturated carbocycles. The molecule has 0 spiro atoms. The minimum absolute atomic E-state index is 0.109. The summed E-state index contributed by atoms with van der Waals surface area (Å²) in [5.74, 6) is -0.989. The monoisotopic (exact) mass is 861 g/mol. The van der Waals surface area contributed by atoms with E-state index >= 15 is 0 Å². The van der Waals surface area contributed by atoms with E-state index in [-0.39, 0.29) is 31.1 Å². The van der Waals surface area contributed by atoms with Crippen LogP contribution in [0.2, 0.25) is 0 Å². The molecule has 6 heteroatoms. The van der Waals surface area contributed by atoms with Crippen LogP contribution in [0.25, 0.3) is 0 Å². The standard InChI is InChI=1S/C56H92O6/c1-4-7-10-13-16-19-21-23-25-27-28-29-31-32-34-37-40-43-46-49-55(58)61-52-53(51-60-54(57)48-45-42-39-36-18-15-12-9-6-3)62-56(59)50-47-44-41-38-35-33-30-26-24-22-20-17-14-11-8-5-2/h7,9-10,12,16,18-19,23,25-26,28-30,32,34,36,53H,4-6,8,11,13-15,17,20-22,24,27,31,33,35,37-52H2,1-3H3/b10-7-,12-9-,19-16-,25-23-,29-28-,30-26-,34-32-,36-18-. The first-order valence-corrected chi connectivity index (χ1v) is 25.2. The summed E-state index contributed by atoms with van der Waals surface area (Å²) in [5, 5.41) is 0. The van der Waals surface area contributed by atoms with Crippen LogP contribution < -0.4 is 0 Å². The van der Waals surface area contributed by atoms with Gasteiger partial charge in [0.1, 0.15) is 13.2 Å². The van der Waals surface area contributed by atoms with Crippen molar-refractivity contribution in [3.05, 3.63) is 97.2 Å². The lowest BCUT2D eigenvalue weighted by molar-refractivity contribution is -0.167. The van der Waals surface area contributed by atoms with Gasteiger partial charge in [0, 0.05) is 19.3 Å². The van der Waals surface area contributed by atoms with Gasteiger partial charge in [-0.05, 0) is 116 Å². The van der Waals surface area contributed by atoms with E-state index in [0.717, 1.165) is 122 Å². The van der Waals surface area contributed by atoms with Crippen LogP contribution in [0.4, 0.5) is 0 Å². The van der Waals surface area contributed by atoms with E-state index < -0.39 is 6.10 Å². The van der Waals surface area contributed by atoms with Crippen molar-refractivity contribution in [3.63, 3.8) is 0 Å². The molecule has 0 fully saturated rings. The molecule has 0 rings (SSSR count). The molecule has 0 N–H and O–H groups in total. The third kappa shape index (κ3) is 47.4. The summed E-state index contributed by atoms with van der Waals surface area (Å²) in [5.41, 5.74) is 0. The molecule has 0 aliphatic rings. The highest BCUT2D eigenvalue weighted by Gasteiger charge is 2.19. The van der Waals surface area contributed by atoms with Gasteiger partial charge in [0.25, 0.3) is 0 Å². The van der Waals surface area contributed by atoms with Gasteiger partial charge in [0.05, 0.1) is 0 Å². The number of hydrogen-bond acceptors (Lipinski definition) is 6. The Balaban J connectivity index is 4.43. The molecule has 6 nitrogen and oxygen atoms in total. The molecule has 352 valence electrons. The molecule has 0 amide bonds. The van der Waals surface area contributed by atoms with Crippen molar-refractivity contribution in [2.45, 2.75) is 226 Å². The van der Waals surface area contributed by atoms with Crippen molar-refractivity contribution in [3.8, 4) is 0 Å². The highest BCUT2D eigenvalue weighted by Crippen LogP contribution is 2.13. The highest BCUT2D eigenvalue weighted by molar-refractivity contribution is 5.71. The van der Waals surface area contributed by atoms with Crippen LogP contribution in [0.15, 0.2) is 97.2 Å². The largest absolute Gasteiger partial charge is 0.462 e. The number of ether oxygens (including phenoxy) is 3. The Labute approximate surface area is 381 Å². The minimum atomic E-state index is -0.808. The summed E-state index contributed by atoms with van der Waals surface area (Å²) < 4.78 is 16.7. The fraction of sp³-hybridized carbons (Fsp3) is 0.661. The second-order valence-electron chi connectivity index (χ2n) is 16.3. The van der Waals surface area contributed by atoms with E-state index in [1.165, 1.54) is 57.8 Å². The van der Waals surface area contributed by atoms with E-state index in [1.807, 2.05) is 0 Å². The lowest BCUT2D eigenvalue weighted by atomic mass is 10.1. The molecule has 0 saturated heterocycles. The molecule has 1 unspecified atom stereocenters. The number of esters is 3. The second-order valence-corrected chi connectivity index (χ2v) is 16.3. The number of carbonyl (C=O) groups is 3. The normalized spacial score (nSPS) is 12.9. The van der Waals surface area contributed by atoms with Gasteiger partial charge < -0.3 is 14.2 Å². The average molecular weight is 861 g/mol. The molecule has 0 aromatic rings. The van der Waals surface area contributed by atoms with Crippen LogP contribution in [0.1, 0.15) is 220 Å². The Kier molecular flexibility index (Phi) is 47.0. The number of carbonyl (C=O) groups excluding carboxylic acids is 3. The summed E-state index contributed by atoms with van der Waals surface area (Å²) in [7, 11) is 0. The number of unbranched alkanes of at least 4 members (excludes halogenated alkanes) is 17. The molecule has 62 heavy (non-hydrogen) atoms. The maximum atomic E-state index is 12.8. The third-order valence-electron chi connectivity index (χ3n) is 10.3. The second kappa shape index (κ2) is 50.0. The van der Waals surface area contributed by atoms with E-state index in [4.69, 9.17) is 14.2 Å². The maximum absolute atomic E-state index is 12.8. The topological polar surface area (TPSA) is 78.9 Å². The Hall–Kier alpha value is -3.67. The smallest absolute Gasteiger partial charge is 0.306 e. The molecule has 0 heterocycles. The fourth-order valence-corrected chi connectivity index (χ4v) is 6.56. The zero-order valence-electron chi connectivity index (χ0n) is 40.1. The quantitative estimate of drug-likeness (QED) is 0.0263. The Bertz CT molecular complexity index is 1260. The van der Waals surface area contributed by atoms with Crippen LogP contribution in [0, 0.1) is 0 Å². The van der Waals surface area contributed by atoms with Crippen LogP contribution in [-0.4, -0.2) is 37.2 Å². The lowest BCUT2D eigenvalue weighted by Crippen LogP contribution is -2.30. The zero-order chi connectivity index (χ0) is 45.1. The number of allylic oxidation sites excluding steroid dienone is 16. The predicted molar refractivity (Wildman–Crippen MR) is 265 cm³/mol. The zero-order valence-corrected chi connectivity index (χ0v) is 40.1. The van der Waals surface area contributed by atoms with Crippen molar-refractivity contribution in [1.82, 2.24) is 0 Å². The minimum Gasteiger partial charge on any atom is -0.462 e. The SMILES string of the molecule is CC/C=C\C/C=C\C/C=C\C/C=C\C/C=C\CCCCCC(=O)OCC(COC(=O)CCCC/C=C\C/C=C\CC)OC(=O)CCCCCCC/C=C\CCCCCCCCC. The molecular weight excluding hydrogens is 769 g/mol. The number of hydrogen-bond donors (Lipinski definition) is 0. The first kappa shape index (κ1) is 58.3. The Morgan fingerprint density at radius 1 is 0.339 bits per heavy atom. The molecule has 0 bridgehead atoms. The summed E-state index contributed by atoms with van der Waals surface area (Å²) in [4.78, 5) is 37.8. The molecule has 0 aromatic heterocycles. The van der Waals surface area contributed by atoms with Crippen molar-refractivity contribution in [1.29, 1.82) is 0 Å². The van der Waals surface area contributed by atoms with Gasteiger partial charge >= 0.3 is 17.9 Å². The molecular formula is C56H92O6. The Morgan fingerprint density at radius 2 is 0.629 bits per heavy atom. The van der Waals surface area contributed by atoms with E-state index in [0.29, 0.717) is 19.3 Å². The maximum Gasteiger partial charge on any atom is 0.306 e. The van der Waals surface area contributed by atoms with Gasteiger partial charge in [-0.1, -0.05) is 182 Å². The molecule has 0 radical (unpaired) electrons. The van der Waals surface area contributed by atoms with Gasteiger partial charge in [-0.25, -0.2) is 0 Å². The van der Waals surface area contributed by atoms with E-state index in [1.54, 1.807) is 0 Å². The van der Waals surface area contributed by atoms with Crippen LogP contribution in [-0.2, 0) is 28.6 Å². The van der Waals surface area contributed by atoms with Gasteiger partial charge in [-0.15, -0.1) is 0 Å². The summed E-state index contributed by atoms with van der Waals surface area (Å²) in [6, 6.07) is 0. The summed E-state index contributed by atoms with van der Waals surface area (Å²) in [6.45, 7) is 6.32. The van der Waals surface area contributed by atoms with E-state index in [9.17, 15) is 14.4 Å². The van der Waals surface area contributed by atoms with E-state index in [2.05, 4.69) is 118 Å².